The molecule has 1 aromatic carbocycles. The van der Waals surface area contributed by atoms with Gasteiger partial charge in [0.15, 0.2) is 0 Å². The molecule has 0 radical (unpaired) electrons. The first-order valence-electron chi connectivity index (χ1n) is 5.96. The number of hydrogen-bond acceptors (Lipinski definition) is 2. The van der Waals surface area contributed by atoms with Gasteiger partial charge in [0.05, 0.1) is 12.1 Å². The number of amides is 1. The van der Waals surface area contributed by atoms with Crippen LogP contribution in [0.4, 0.5) is 0 Å². The van der Waals surface area contributed by atoms with Gasteiger partial charge in [0.25, 0.3) is 0 Å². The number of carbonyl (C=O) groups is 1. The van der Waals surface area contributed by atoms with Gasteiger partial charge < -0.3 is 10.6 Å². The van der Waals surface area contributed by atoms with Crippen LogP contribution in [-0.4, -0.2) is 18.5 Å². The molecule has 92 valence electrons. The van der Waals surface area contributed by atoms with Crippen molar-refractivity contribution in [2.45, 2.75) is 31.8 Å². The number of carbonyl (C=O) groups excluding carboxylic acids is 1. The normalized spacial score (nSPS) is 21.2. The van der Waals surface area contributed by atoms with Gasteiger partial charge in [-0.15, -0.1) is 0 Å². The number of halogens is 1. The van der Waals surface area contributed by atoms with Crippen LogP contribution in [0.3, 0.4) is 0 Å². The Morgan fingerprint density at radius 3 is 2.76 bits per heavy atom. The Morgan fingerprint density at radius 2 is 2.18 bits per heavy atom. The third kappa shape index (κ3) is 3.30. The van der Waals surface area contributed by atoms with E-state index >= 15 is 0 Å². The number of hydrogen-bond donors (Lipinski definition) is 2. The summed E-state index contributed by atoms with van der Waals surface area (Å²) < 4.78 is 1.05. The molecule has 1 heterocycles. The summed E-state index contributed by atoms with van der Waals surface area (Å²) in [4.78, 5) is 11.9. The fraction of sp³-hybridized carbons (Fsp3) is 0.462. The highest BCUT2D eigenvalue weighted by Gasteiger charge is 2.23. The molecule has 1 aliphatic heterocycles. The topological polar surface area (TPSA) is 41.1 Å². The van der Waals surface area contributed by atoms with Gasteiger partial charge in [0.1, 0.15) is 0 Å². The predicted molar refractivity (Wildman–Crippen MR) is 71.7 cm³/mol. The maximum absolute atomic E-state index is 11.9. The minimum absolute atomic E-state index is 0.00658. The molecule has 1 aromatic rings. The molecule has 1 saturated heterocycles. The fourth-order valence-corrected chi connectivity index (χ4v) is 2.32. The molecule has 2 atom stereocenters. The summed E-state index contributed by atoms with van der Waals surface area (Å²) in [6.07, 6.45) is 2.03. The molecule has 0 aliphatic carbocycles. The second-order valence-electron chi connectivity index (χ2n) is 4.43. The maximum atomic E-state index is 11.9. The molecule has 0 unspecified atom stereocenters. The van der Waals surface area contributed by atoms with Crippen LogP contribution < -0.4 is 10.6 Å². The lowest BCUT2D eigenvalue weighted by Crippen LogP contribution is -2.41. The van der Waals surface area contributed by atoms with E-state index in [-0.39, 0.29) is 18.0 Å². The number of benzene rings is 1. The number of rotatable bonds is 3. The van der Waals surface area contributed by atoms with Gasteiger partial charge in [0, 0.05) is 4.47 Å². The molecule has 17 heavy (non-hydrogen) atoms. The average Bonchev–Trinajstić information content (AvgIpc) is 2.83. The molecular formula is C13H17BrN2O. The Morgan fingerprint density at radius 1 is 1.47 bits per heavy atom. The Hall–Kier alpha value is -0.870. The highest BCUT2D eigenvalue weighted by molar-refractivity contribution is 9.10. The van der Waals surface area contributed by atoms with Crippen LogP contribution in [0.15, 0.2) is 28.7 Å². The van der Waals surface area contributed by atoms with Gasteiger partial charge in [-0.3, -0.25) is 4.79 Å². The van der Waals surface area contributed by atoms with Crippen LogP contribution >= 0.6 is 15.9 Å². The summed E-state index contributed by atoms with van der Waals surface area (Å²) in [5.41, 5.74) is 1.12. The summed E-state index contributed by atoms with van der Waals surface area (Å²) >= 11 is 3.40. The standard InChI is InChI=1S/C13H17BrN2O/c1-9(10-4-6-11(14)7-5-10)16-13(17)12-3-2-8-15-12/h4-7,9,12,15H,2-3,8H2,1H3,(H,16,17)/t9-,12-/m1/s1. The molecule has 0 spiro atoms. The molecule has 1 aliphatic rings. The van der Waals surface area contributed by atoms with E-state index in [4.69, 9.17) is 0 Å². The quantitative estimate of drug-likeness (QED) is 0.899. The van der Waals surface area contributed by atoms with Crippen molar-refractivity contribution >= 4 is 21.8 Å². The third-order valence-electron chi connectivity index (χ3n) is 3.11. The van der Waals surface area contributed by atoms with Crippen LogP contribution in [0.25, 0.3) is 0 Å². The largest absolute Gasteiger partial charge is 0.348 e. The van der Waals surface area contributed by atoms with Crippen molar-refractivity contribution in [3.05, 3.63) is 34.3 Å². The summed E-state index contributed by atoms with van der Waals surface area (Å²) in [5.74, 6) is 0.109. The Labute approximate surface area is 110 Å². The number of nitrogens with one attached hydrogen (secondary N) is 2. The monoisotopic (exact) mass is 296 g/mol. The first kappa shape index (κ1) is 12.6. The molecule has 1 amide bonds. The van der Waals surface area contributed by atoms with Crippen molar-refractivity contribution in [3.63, 3.8) is 0 Å². The van der Waals surface area contributed by atoms with Crippen LogP contribution in [0.1, 0.15) is 31.4 Å². The van der Waals surface area contributed by atoms with Gasteiger partial charge in [-0.2, -0.15) is 0 Å². The van der Waals surface area contributed by atoms with Gasteiger partial charge >= 0.3 is 0 Å². The Balaban J connectivity index is 1.93. The van der Waals surface area contributed by atoms with E-state index in [9.17, 15) is 4.79 Å². The summed E-state index contributed by atoms with van der Waals surface area (Å²) in [6.45, 7) is 2.96. The van der Waals surface area contributed by atoms with Crippen LogP contribution in [0.2, 0.25) is 0 Å². The zero-order chi connectivity index (χ0) is 12.3. The zero-order valence-electron chi connectivity index (χ0n) is 9.87. The highest BCUT2D eigenvalue weighted by atomic mass is 79.9. The molecule has 0 bridgehead atoms. The molecule has 2 N–H and O–H groups in total. The molecule has 2 rings (SSSR count). The Bertz CT molecular complexity index is 385. The minimum atomic E-state index is -0.00658. The van der Waals surface area contributed by atoms with Crippen LogP contribution in [0, 0.1) is 0 Å². The molecule has 3 nitrogen and oxygen atoms in total. The molecule has 1 fully saturated rings. The second kappa shape index (κ2) is 5.65. The van der Waals surface area contributed by atoms with E-state index in [0.29, 0.717) is 0 Å². The van der Waals surface area contributed by atoms with Crippen LogP contribution in [-0.2, 0) is 4.79 Å². The van der Waals surface area contributed by atoms with E-state index in [0.717, 1.165) is 29.4 Å². The predicted octanol–water partition coefficient (Wildman–Crippen LogP) is 2.38. The van der Waals surface area contributed by atoms with E-state index in [2.05, 4.69) is 26.6 Å². The first-order valence-corrected chi connectivity index (χ1v) is 6.75. The summed E-state index contributed by atoms with van der Waals surface area (Å²) in [5, 5.41) is 6.24. The van der Waals surface area contributed by atoms with Crippen molar-refractivity contribution in [2.75, 3.05) is 6.54 Å². The lowest BCUT2D eigenvalue weighted by Gasteiger charge is -2.17. The zero-order valence-corrected chi connectivity index (χ0v) is 11.5. The fourth-order valence-electron chi connectivity index (χ4n) is 2.06. The maximum Gasteiger partial charge on any atom is 0.237 e. The van der Waals surface area contributed by atoms with Crippen molar-refractivity contribution in [3.8, 4) is 0 Å². The molecule has 0 aromatic heterocycles. The van der Waals surface area contributed by atoms with Crippen molar-refractivity contribution in [1.82, 2.24) is 10.6 Å². The lowest BCUT2D eigenvalue weighted by molar-refractivity contribution is -0.123. The van der Waals surface area contributed by atoms with E-state index in [1.807, 2.05) is 31.2 Å². The molecular weight excluding hydrogens is 280 g/mol. The molecule has 0 saturated carbocycles. The average molecular weight is 297 g/mol. The van der Waals surface area contributed by atoms with E-state index in [1.165, 1.54) is 0 Å². The van der Waals surface area contributed by atoms with Gasteiger partial charge in [0.2, 0.25) is 5.91 Å². The Kier molecular flexibility index (Phi) is 4.18. The second-order valence-corrected chi connectivity index (χ2v) is 5.35. The molecule has 4 heteroatoms. The van der Waals surface area contributed by atoms with Gasteiger partial charge in [-0.1, -0.05) is 28.1 Å². The first-order chi connectivity index (χ1) is 8.16. The van der Waals surface area contributed by atoms with E-state index < -0.39 is 0 Å². The third-order valence-corrected chi connectivity index (χ3v) is 3.63. The van der Waals surface area contributed by atoms with Crippen molar-refractivity contribution in [2.24, 2.45) is 0 Å². The minimum Gasteiger partial charge on any atom is -0.348 e. The van der Waals surface area contributed by atoms with E-state index in [1.54, 1.807) is 0 Å². The summed E-state index contributed by atoms with van der Waals surface area (Å²) in [7, 11) is 0. The smallest absolute Gasteiger partial charge is 0.237 e. The van der Waals surface area contributed by atoms with Crippen molar-refractivity contribution < 1.29 is 4.79 Å². The highest BCUT2D eigenvalue weighted by Crippen LogP contribution is 2.17. The van der Waals surface area contributed by atoms with Gasteiger partial charge in [-0.25, -0.2) is 0 Å². The van der Waals surface area contributed by atoms with Crippen LogP contribution in [0.5, 0.6) is 0 Å². The lowest BCUT2D eigenvalue weighted by atomic mass is 10.1. The van der Waals surface area contributed by atoms with Crippen molar-refractivity contribution in [1.29, 1.82) is 0 Å². The van der Waals surface area contributed by atoms with Gasteiger partial charge in [-0.05, 0) is 44.0 Å². The SMILES string of the molecule is C[C@@H](NC(=O)[C@H]1CCCN1)c1ccc(Br)cc1. The summed E-state index contributed by atoms with van der Waals surface area (Å²) in [6, 6.07) is 8.08.